The summed E-state index contributed by atoms with van der Waals surface area (Å²) in [6, 6.07) is 3.65. The van der Waals surface area contributed by atoms with Gasteiger partial charge in [0.25, 0.3) is 0 Å². The first-order valence-electron chi connectivity index (χ1n) is 7.88. The molecule has 3 aromatic rings. The Morgan fingerprint density at radius 1 is 1.25 bits per heavy atom. The quantitative estimate of drug-likeness (QED) is 0.764. The van der Waals surface area contributed by atoms with Crippen LogP contribution in [0.15, 0.2) is 30.7 Å². The number of rotatable bonds is 4. The molecule has 24 heavy (non-hydrogen) atoms. The van der Waals surface area contributed by atoms with Gasteiger partial charge >= 0.3 is 0 Å². The molecule has 7 heteroatoms. The number of aryl methyl sites for hydroxylation is 1. The SMILES string of the molecule is Cn1ncc2c(NC[C@H](O)c3cccnc3)nc(C(C)(C)C)nc21. The van der Waals surface area contributed by atoms with Gasteiger partial charge in [0.05, 0.1) is 17.7 Å². The smallest absolute Gasteiger partial charge is 0.163 e. The van der Waals surface area contributed by atoms with Gasteiger partial charge in [0, 0.05) is 37.0 Å². The Hall–Kier alpha value is -2.54. The minimum absolute atomic E-state index is 0.184. The van der Waals surface area contributed by atoms with Crippen molar-refractivity contribution >= 4 is 16.9 Å². The molecule has 7 nitrogen and oxygen atoms in total. The van der Waals surface area contributed by atoms with Crippen LogP contribution in [0.3, 0.4) is 0 Å². The van der Waals surface area contributed by atoms with E-state index >= 15 is 0 Å². The number of aliphatic hydroxyl groups excluding tert-OH is 1. The summed E-state index contributed by atoms with van der Waals surface area (Å²) < 4.78 is 1.73. The zero-order valence-corrected chi connectivity index (χ0v) is 14.4. The molecule has 0 saturated heterocycles. The second-order valence-corrected chi connectivity index (χ2v) is 6.83. The number of pyridine rings is 1. The van der Waals surface area contributed by atoms with E-state index in [1.165, 1.54) is 0 Å². The monoisotopic (exact) mass is 326 g/mol. The van der Waals surface area contributed by atoms with Crippen molar-refractivity contribution in [2.45, 2.75) is 32.3 Å². The standard InChI is InChI=1S/C17H22N6O/c1-17(2,3)16-21-14(12-9-20-23(4)15(12)22-16)19-10-13(24)11-6-5-7-18-8-11/h5-9,13,24H,10H2,1-4H3,(H,19,21,22)/t13-/m0/s1. The lowest BCUT2D eigenvalue weighted by Gasteiger charge is -2.19. The molecule has 0 bridgehead atoms. The van der Waals surface area contributed by atoms with Crippen LogP contribution in [0, 0.1) is 0 Å². The second-order valence-electron chi connectivity index (χ2n) is 6.83. The van der Waals surface area contributed by atoms with Gasteiger partial charge < -0.3 is 10.4 Å². The third kappa shape index (κ3) is 3.21. The highest BCUT2D eigenvalue weighted by Gasteiger charge is 2.21. The first kappa shape index (κ1) is 16.3. The van der Waals surface area contributed by atoms with E-state index < -0.39 is 6.10 Å². The van der Waals surface area contributed by atoms with Crippen molar-refractivity contribution in [2.24, 2.45) is 7.05 Å². The number of hydrogen-bond acceptors (Lipinski definition) is 6. The number of hydrogen-bond donors (Lipinski definition) is 2. The van der Waals surface area contributed by atoms with Gasteiger partial charge in [-0.25, -0.2) is 9.97 Å². The number of anilines is 1. The molecule has 126 valence electrons. The third-order valence-corrected chi connectivity index (χ3v) is 3.79. The molecule has 0 saturated carbocycles. The largest absolute Gasteiger partial charge is 0.387 e. The van der Waals surface area contributed by atoms with Crippen LogP contribution in [-0.4, -0.2) is 36.4 Å². The highest BCUT2D eigenvalue weighted by atomic mass is 16.3. The van der Waals surface area contributed by atoms with Crippen LogP contribution in [0.25, 0.3) is 11.0 Å². The van der Waals surface area contributed by atoms with Crippen molar-refractivity contribution in [3.05, 3.63) is 42.1 Å². The highest BCUT2D eigenvalue weighted by molar-refractivity contribution is 5.86. The molecule has 0 aliphatic carbocycles. The number of nitrogens with zero attached hydrogens (tertiary/aromatic N) is 5. The van der Waals surface area contributed by atoms with Crippen molar-refractivity contribution in [3.8, 4) is 0 Å². The molecule has 1 atom stereocenters. The predicted molar refractivity (Wildman–Crippen MR) is 92.7 cm³/mol. The van der Waals surface area contributed by atoms with E-state index in [1.807, 2.05) is 13.1 Å². The molecule has 0 radical (unpaired) electrons. The van der Waals surface area contributed by atoms with Crippen LogP contribution in [-0.2, 0) is 12.5 Å². The van der Waals surface area contributed by atoms with Gasteiger partial charge in [-0.3, -0.25) is 9.67 Å². The van der Waals surface area contributed by atoms with Crippen molar-refractivity contribution in [1.82, 2.24) is 24.7 Å². The Bertz CT molecular complexity index is 837. The summed E-state index contributed by atoms with van der Waals surface area (Å²) >= 11 is 0. The van der Waals surface area contributed by atoms with Gasteiger partial charge in [0.15, 0.2) is 5.65 Å². The lowest BCUT2D eigenvalue weighted by Crippen LogP contribution is -2.19. The van der Waals surface area contributed by atoms with Crippen LogP contribution >= 0.6 is 0 Å². The van der Waals surface area contributed by atoms with E-state index in [4.69, 9.17) is 0 Å². The van der Waals surface area contributed by atoms with Crippen molar-refractivity contribution in [3.63, 3.8) is 0 Å². The molecule has 0 spiro atoms. The topological polar surface area (TPSA) is 88.8 Å². The Morgan fingerprint density at radius 3 is 2.71 bits per heavy atom. The van der Waals surface area contributed by atoms with Crippen molar-refractivity contribution in [2.75, 3.05) is 11.9 Å². The summed E-state index contributed by atoms with van der Waals surface area (Å²) in [6.07, 6.45) is 4.41. The summed E-state index contributed by atoms with van der Waals surface area (Å²) in [6.45, 7) is 6.53. The van der Waals surface area contributed by atoms with Crippen LogP contribution in [0.1, 0.15) is 38.3 Å². The lowest BCUT2D eigenvalue weighted by atomic mass is 9.95. The fourth-order valence-electron chi connectivity index (χ4n) is 2.38. The van der Waals surface area contributed by atoms with Crippen molar-refractivity contribution in [1.29, 1.82) is 0 Å². The number of aliphatic hydroxyl groups is 1. The fraction of sp³-hybridized carbons (Fsp3) is 0.412. The zero-order chi connectivity index (χ0) is 17.3. The Morgan fingerprint density at radius 2 is 2.04 bits per heavy atom. The maximum atomic E-state index is 10.3. The average Bonchev–Trinajstić information content (AvgIpc) is 2.94. The molecule has 0 amide bonds. The number of aromatic nitrogens is 5. The fourth-order valence-corrected chi connectivity index (χ4v) is 2.38. The molecule has 3 rings (SSSR count). The lowest BCUT2D eigenvalue weighted by molar-refractivity contribution is 0.191. The van der Waals surface area contributed by atoms with Crippen LogP contribution in [0.5, 0.6) is 0 Å². The van der Waals surface area contributed by atoms with E-state index in [2.05, 4.69) is 46.1 Å². The number of nitrogens with one attached hydrogen (secondary N) is 1. The van der Waals surface area contributed by atoms with Gasteiger partial charge in [0.2, 0.25) is 0 Å². The first-order valence-corrected chi connectivity index (χ1v) is 7.88. The summed E-state index contributed by atoms with van der Waals surface area (Å²) in [7, 11) is 1.86. The van der Waals surface area contributed by atoms with E-state index in [-0.39, 0.29) is 5.41 Å². The van der Waals surface area contributed by atoms with Crippen molar-refractivity contribution < 1.29 is 5.11 Å². The Balaban J connectivity index is 1.91. The normalized spacial score (nSPS) is 13.2. The summed E-state index contributed by atoms with van der Waals surface area (Å²) in [5, 5.41) is 18.7. The van der Waals surface area contributed by atoms with Gasteiger partial charge in [0.1, 0.15) is 11.6 Å². The Kier molecular flexibility index (Phi) is 4.19. The van der Waals surface area contributed by atoms with Gasteiger partial charge in [-0.15, -0.1) is 0 Å². The van der Waals surface area contributed by atoms with Crippen LogP contribution < -0.4 is 5.32 Å². The average molecular weight is 326 g/mol. The molecule has 2 N–H and O–H groups in total. The molecule has 3 aromatic heterocycles. The van der Waals surface area contributed by atoms with Gasteiger partial charge in [-0.05, 0) is 6.07 Å². The molecule has 0 aromatic carbocycles. The van der Waals surface area contributed by atoms with E-state index in [9.17, 15) is 5.11 Å². The maximum Gasteiger partial charge on any atom is 0.163 e. The summed E-state index contributed by atoms with van der Waals surface area (Å²) in [5.74, 6) is 1.41. The maximum absolute atomic E-state index is 10.3. The number of fused-ring (bicyclic) bond motifs is 1. The van der Waals surface area contributed by atoms with E-state index in [1.54, 1.807) is 29.3 Å². The summed E-state index contributed by atoms with van der Waals surface area (Å²) in [5.41, 5.74) is 1.35. The molecule has 0 aliphatic rings. The zero-order valence-electron chi connectivity index (χ0n) is 14.4. The van der Waals surface area contributed by atoms with Crippen LogP contribution in [0.4, 0.5) is 5.82 Å². The predicted octanol–water partition coefficient (Wildman–Crippen LogP) is 2.20. The van der Waals surface area contributed by atoms with Crippen LogP contribution in [0.2, 0.25) is 0 Å². The Labute approximate surface area is 140 Å². The molecule has 0 unspecified atom stereocenters. The van der Waals surface area contributed by atoms with Gasteiger partial charge in [-0.1, -0.05) is 26.8 Å². The highest BCUT2D eigenvalue weighted by Crippen LogP contribution is 2.26. The second kappa shape index (κ2) is 6.16. The van der Waals surface area contributed by atoms with E-state index in [0.29, 0.717) is 12.4 Å². The third-order valence-electron chi connectivity index (χ3n) is 3.79. The molecule has 0 fully saturated rings. The molecular weight excluding hydrogens is 304 g/mol. The van der Waals surface area contributed by atoms with Gasteiger partial charge in [-0.2, -0.15) is 5.10 Å². The molecule has 3 heterocycles. The minimum Gasteiger partial charge on any atom is -0.387 e. The molecular formula is C17H22N6O. The van der Waals surface area contributed by atoms with E-state index in [0.717, 1.165) is 22.4 Å². The first-order chi connectivity index (χ1) is 11.4. The minimum atomic E-state index is -0.668. The molecule has 0 aliphatic heterocycles. The summed E-state index contributed by atoms with van der Waals surface area (Å²) in [4.78, 5) is 13.3.